The van der Waals surface area contributed by atoms with E-state index in [9.17, 15) is 0 Å². The summed E-state index contributed by atoms with van der Waals surface area (Å²) >= 11 is 7.54. The average molecular weight is 275 g/mol. The van der Waals surface area contributed by atoms with Gasteiger partial charge >= 0.3 is 0 Å². The van der Waals surface area contributed by atoms with Crippen molar-refractivity contribution in [1.29, 1.82) is 0 Å². The number of hydrogen-bond acceptors (Lipinski definition) is 3. The van der Waals surface area contributed by atoms with Gasteiger partial charge in [-0.3, -0.25) is 0 Å². The Morgan fingerprint density at radius 1 is 1.41 bits per heavy atom. The zero-order valence-corrected chi connectivity index (χ0v) is 12.6. The van der Waals surface area contributed by atoms with Crippen LogP contribution in [0.3, 0.4) is 0 Å². The van der Waals surface area contributed by atoms with E-state index < -0.39 is 0 Å². The van der Waals surface area contributed by atoms with Crippen molar-refractivity contribution >= 4 is 22.9 Å². The fourth-order valence-electron chi connectivity index (χ4n) is 1.85. The van der Waals surface area contributed by atoms with E-state index in [0.717, 1.165) is 24.0 Å². The molecule has 1 heterocycles. The van der Waals surface area contributed by atoms with Crippen LogP contribution in [-0.2, 0) is 0 Å². The van der Waals surface area contributed by atoms with Crippen molar-refractivity contribution in [2.75, 3.05) is 26.2 Å². The van der Waals surface area contributed by atoms with Crippen LogP contribution in [0.5, 0.6) is 0 Å². The number of likely N-dealkylation sites (N-methyl/N-ethyl adjacent to an activating group) is 1. The van der Waals surface area contributed by atoms with Gasteiger partial charge in [0.2, 0.25) is 0 Å². The summed E-state index contributed by atoms with van der Waals surface area (Å²) in [5, 5.41) is 5.67. The third-order valence-electron chi connectivity index (χ3n) is 2.95. The zero-order chi connectivity index (χ0) is 12.7. The average Bonchev–Trinajstić information content (AvgIpc) is 2.74. The molecule has 17 heavy (non-hydrogen) atoms. The van der Waals surface area contributed by atoms with Crippen LogP contribution >= 0.6 is 22.9 Å². The second-order valence-corrected chi connectivity index (χ2v) is 5.84. The number of nitrogens with one attached hydrogen (secondary N) is 1. The molecule has 0 saturated carbocycles. The molecule has 2 nitrogen and oxygen atoms in total. The SMILES string of the molecule is CCCN(CC)CCNC(C)c1csc(Cl)c1. The number of thiophene rings is 1. The molecule has 0 aliphatic heterocycles. The summed E-state index contributed by atoms with van der Waals surface area (Å²) in [6, 6.07) is 2.44. The topological polar surface area (TPSA) is 15.3 Å². The van der Waals surface area contributed by atoms with Gasteiger partial charge in [-0.25, -0.2) is 0 Å². The molecule has 0 aliphatic rings. The normalized spacial score (nSPS) is 13.2. The summed E-state index contributed by atoms with van der Waals surface area (Å²) in [7, 11) is 0. The van der Waals surface area contributed by atoms with Crippen LogP contribution in [0.4, 0.5) is 0 Å². The highest BCUT2D eigenvalue weighted by Crippen LogP contribution is 2.24. The van der Waals surface area contributed by atoms with Crippen molar-refractivity contribution in [3.63, 3.8) is 0 Å². The van der Waals surface area contributed by atoms with E-state index in [0.29, 0.717) is 6.04 Å². The molecule has 98 valence electrons. The lowest BCUT2D eigenvalue weighted by Gasteiger charge is -2.21. The first kappa shape index (κ1) is 15.0. The van der Waals surface area contributed by atoms with Gasteiger partial charge in [0.25, 0.3) is 0 Å². The number of halogens is 1. The molecule has 0 bridgehead atoms. The van der Waals surface area contributed by atoms with Crippen LogP contribution in [0.25, 0.3) is 0 Å². The molecule has 0 spiro atoms. The standard InChI is InChI=1S/C13H23ClN2S/c1-4-7-16(5-2)8-6-15-11(3)12-9-13(14)17-10-12/h9-11,15H,4-8H2,1-3H3. The molecule has 0 aliphatic carbocycles. The second kappa shape index (κ2) is 8.09. The van der Waals surface area contributed by atoms with Gasteiger partial charge in [0.15, 0.2) is 0 Å². The van der Waals surface area contributed by atoms with E-state index in [-0.39, 0.29) is 0 Å². The highest BCUT2D eigenvalue weighted by molar-refractivity contribution is 7.14. The number of hydrogen-bond donors (Lipinski definition) is 1. The van der Waals surface area contributed by atoms with Crippen molar-refractivity contribution in [2.24, 2.45) is 0 Å². The number of rotatable bonds is 8. The summed E-state index contributed by atoms with van der Waals surface area (Å²) in [4.78, 5) is 2.47. The summed E-state index contributed by atoms with van der Waals surface area (Å²) in [6.07, 6.45) is 1.23. The Kier molecular flexibility index (Phi) is 7.12. The van der Waals surface area contributed by atoms with Crippen molar-refractivity contribution in [1.82, 2.24) is 10.2 Å². The molecular weight excluding hydrogens is 252 g/mol. The second-order valence-electron chi connectivity index (χ2n) is 4.29. The molecule has 1 aromatic rings. The van der Waals surface area contributed by atoms with E-state index in [1.165, 1.54) is 18.5 Å². The van der Waals surface area contributed by atoms with E-state index in [4.69, 9.17) is 11.6 Å². The lowest BCUT2D eigenvalue weighted by atomic mass is 10.2. The zero-order valence-electron chi connectivity index (χ0n) is 11.0. The van der Waals surface area contributed by atoms with Gasteiger partial charge < -0.3 is 10.2 Å². The molecule has 0 aromatic carbocycles. The van der Waals surface area contributed by atoms with E-state index in [1.54, 1.807) is 11.3 Å². The van der Waals surface area contributed by atoms with Crippen molar-refractivity contribution in [2.45, 2.75) is 33.2 Å². The molecule has 1 N–H and O–H groups in total. The summed E-state index contributed by atoms with van der Waals surface area (Å²) in [5.74, 6) is 0. The lowest BCUT2D eigenvalue weighted by Crippen LogP contribution is -2.33. The smallest absolute Gasteiger partial charge is 0.0931 e. The molecule has 0 saturated heterocycles. The van der Waals surface area contributed by atoms with Crippen LogP contribution in [0, 0.1) is 0 Å². The van der Waals surface area contributed by atoms with Crippen LogP contribution in [0.2, 0.25) is 4.34 Å². The first-order chi connectivity index (χ1) is 8.17. The molecule has 0 fully saturated rings. The Balaban J connectivity index is 2.26. The molecule has 0 radical (unpaired) electrons. The monoisotopic (exact) mass is 274 g/mol. The molecule has 0 amide bonds. The Hall–Kier alpha value is -0.0900. The van der Waals surface area contributed by atoms with Crippen LogP contribution in [0.1, 0.15) is 38.8 Å². The van der Waals surface area contributed by atoms with Crippen LogP contribution in [0.15, 0.2) is 11.4 Å². The molecule has 1 aromatic heterocycles. The van der Waals surface area contributed by atoms with Gasteiger partial charge in [0.1, 0.15) is 0 Å². The van der Waals surface area contributed by atoms with Gasteiger partial charge in [-0.2, -0.15) is 0 Å². The number of nitrogens with zero attached hydrogens (tertiary/aromatic N) is 1. The van der Waals surface area contributed by atoms with E-state index >= 15 is 0 Å². The Morgan fingerprint density at radius 3 is 2.71 bits per heavy atom. The molecule has 1 atom stereocenters. The molecular formula is C13H23ClN2S. The van der Waals surface area contributed by atoms with Crippen molar-refractivity contribution in [3.8, 4) is 0 Å². The quantitative estimate of drug-likeness (QED) is 0.776. The Morgan fingerprint density at radius 2 is 2.18 bits per heavy atom. The van der Waals surface area contributed by atoms with Gasteiger partial charge in [-0.1, -0.05) is 25.4 Å². The van der Waals surface area contributed by atoms with Gasteiger partial charge in [0.05, 0.1) is 4.34 Å². The maximum Gasteiger partial charge on any atom is 0.0931 e. The largest absolute Gasteiger partial charge is 0.309 e. The maximum absolute atomic E-state index is 5.94. The highest BCUT2D eigenvalue weighted by atomic mass is 35.5. The minimum absolute atomic E-state index is 0.388. The van der Waals surface area contributed by atoms with Crippen LogP contribution in [-0.4, -0.2) is 31.1 Å². The molecule has 1 unspecified atom stereocenters. The lowest BCUT2D eigenvalue weighted by molar-refractivity contribution is 0.284. The predicted molar refractivity (Wildman–Crippen MR) is 78.2 cm³/mol. The molecule has 1 rings (SSSR count). The minimum atomic E-state index is 0.388. The maximum atomic E-state index is 5.94. The van der Waals surface area contributed by atoms with E-state index in [2.05, 4.69) is 36.4 Å². The minimum Gasteiger partial charge on any atom is -0.309 e. The third-order valence-corrected chi connectivity index (χ3v) is 4.06. The Labute approximate surface area is 114 Å². The molecule has 4 heteroatoms. The highest BCUT2D eigenvalue weighted by Gasteiger charge is 2.07. The van der Waals surface area contributed by atoms with Gasteiger partial charge in [0, 0.05) is 19.1 Å². The van der Waals surface area contributed by atoms with Gasteiger partial charge in [-0.05, 0) is 43.4 Å². The summed E-state index contributed by atoms with van der Waals surface area (Å²) in [5.41, 5.74) is 1.29. The first-order valence-electron chi connectivity index (χ1n) is 6.37. The summed E-state index contributed by atoms with van der Waals surface area (Å²) < 4.78 is 0.870. The van der Waals surface area contributed by atoms with Gasteiger partial charge in [-0.15, -0.1) is 11.3 Å². The van der Waals surface area contributed by atoms with Crippen molar-refractivity contribution in [3.05, 3.63) is 21.3 Å². The van der Waals surface area contributed by atoms with Crippen LogP contribution < -0.4 is 5.32 Å². The fourth-order valence-corrected chi connectivity index (χ4v) is 2.84. The fraction of sp³-hybridized carbons (Fsp3) is 0.692. The van der Waals surface area contributed by atoms with Crippen molar-refractivity contribution < 1.29 is 0 Å². The summed E-state index contributed by atoms with van der Waals surface area (Å²) in [6.45, 7) is 11.1. The Bertz CT molecular complexity index is 314. The first-order valence-corrected chi connectivity index (χ1v) is 7.62. The third kappa shape index (κ3) is 5.38. The predicted octanol–water partition coefficient (Wildman–Crippen LogP) is 3.78. The van der Waals surface area contributed by atoms with E-state index in [1.807, 2.05) is 6.07 Å².